The van der Waals surface area contributed by atoms with Crippen molar-refractivity contribution in [1.82, 2.24) is 15.2 Å². The minimum Gasteiger partial charge on any atom is -0.477 e. The van der Waals surface area contributed by atoms with Gasteiger partial charge in [-0.1, -0.05) is 23.2 Å². The van der Waals surface area contributed by atoms with Crippen LogP contribution in [-0.2, 0) is 14.4 Å². The summed E-state index contributed by atoms with van der Waals surface area (Å²) in [6.45, 7) is 0. The summed E-state index contributed by atoms with van der Waals surface area (Å²) in [6, 6.07) is 4.14. The molecule has 2 amide bonds. The van der Waals surface area contributed by atoms with Crippen molar-refractivity contribution in [3.8, 4) is 0 Å². The first-order valence-electron chi connectivity index (χ1n) is 10.1. The molecule has 15 heteroatoms. The van der Waals surface area contributed by atoms with Gasteiger partial charge in [0.25, 0.3) is 5.91 Å². The molecule has 3 heterocycles. The Morgan fingerprint density at radius 1 is 1.34 bits per heavy atom. The number of thioether (sulfide) groups is 3. The van der Waals surface area contributed by atoms with Crippen molar-refractivity contribution in [1.29, 1.82) is 0 Å². The number of carbonyl (C=O) groups is 3. The number of amidine groups is 1. The van der Waals surface area contributed by atoms with Crippen LogP contribution in [0.25, 0.3) is 0 Å². The number of carboxylic acid groups (broad SMARTS) is 1. The molecule has 1 aromatic rings. The highest BCUT2D eigenvalue weighted by Gasteiger charge is 2.54. The molecule has 0 aliphatic carbocycles. The largest absolute Gasteiger partial charge is 0.477 e. The Kier molecular flexibility index (Phi) is 8.13. The van der Waals surface area contributed by atoms with Crippen molar-refractivity contribution < 1.29 is 19.5 Å². The average molecular weight is 576 g/mol. The zero-order valence-corrected chi connectivity index (χ0v) is 21.9. The van der Waals surface area contributed by atoms with E-state index >= 15 is 0 Å². The number of hydrogen-bond acceptors (Lipinski definition) is 10. The monoisotopic (exact) mass is 574 g/mol. The van der Waals surface area contributed by atoms with Gasteiger partial charge in [0.1, 0.15) is 22.9 Å². The van der Waals surface area contributed by atoms with Gasteiger partial charge in [0.2, 0.25) is 5.91 Å². The van der Waals surface area contributed by atoms with Crippen LogP contribution in [-0.4, -0.2) is 72.8 Å². The number of aliphatic imine (C=N–C) groups is 1. The number of β-lactam (4-membered cyclic amide) rings is 1. The van der Waals surface area contributed by atoms with Crippen LogP contribution in [0.15, 0.2) is 51.6 Å². The fourth-order valence-corrected chi connectivity index (χ4v) is 7.32. The van der Waals surface area contributed by atoms with Gasteiger partial charge in [-0.25, -0.2) is 15.6 Å². The van der Waals surface area contributed by atoms with Gasteiger partial charge in [-0.05, 0) is 29.8 Å². The second-order valence-electron chi connectivity index (χ2n) is 7.53. The van der Waals surface area contributed by atoms with Crippen molar-refractivity contribution in [2.45, 2.75) is 21.8 Å². The van der Waals surface area contributed by atoms with Crippen molar-refractivity contribution in [2.75, 3.05) is 17.3 Å². The predicted molar refractivity (Wildman–Crippen MR) is 140 cm³/mol. The molecule has 35 heavy (non-hydrogen) atoms. The fourth-order valence-electron chi connectivity index (χ4n) is 3.51. The summed E-state index contributed by atoms with van der Waals surface area (Å²) in [6.07, 6.45) is 3.15. The van der Waals surface area contributed by atoms with Crippen molar-refractivity contribution in [3.05, 3.63) is 51.8 Å². The molecule has 10 nitrogen and oxygen atoms in total. The first-order chi connectivity index (χ1) is 16.7. The van der Waals surface area contributed by atoms with E-state index in [1.54, 1.807) is 30.5 Å². The number of benzene rings is 1. The molecule has 186 valence electrons. The number of carbonyl (C=O) groups excluding carboxylic acids is 2. The van der Waals surface area contributed by atoms with E-state index in [4.69, 9.17) is 34.8 Å². The number of hydrazine groups is 1. The first kappa shape index (κ1) is 26.0. The Morgan fingerprint density at radius 3 is 2.86 bits per heavy atom. The number of aliphatic carboxylic acids is 1. The number of halogens is 2. The molecule has 0 bridgehead atoms. The Hall–Kier alpha value is -2.03. The SMILES string of the molecule is NC1=NC(SCC2=C(C(=O)O)N3C(=O)[C@@H](NC(=O)CSc4cc(Cl)ccc4Cl)[C@H]3SC2)N(N)C=C1. The Bertz CT molecular complexity index is 1160. The summed E-state index contributed by atoms with van der Waals surface area (Å²) >= 11 is 16.0. The predicted octanol–water partition coefficient (Wildman–Crippen LogP) is 1.90. The highest BCUT2D eigenvalue weighted by molar-refractivity contribution is 8.01. The van der Waals surface area contributed by atoms with Crippen LogP contribution in [0.5, 0.6) is 0 Å². The molecule has 6 N–H and O–H groups in total. The van der Waals surface area contributed by atoms with Gasteiger partial charge in [0.15, 0.2) is 5.50 Å². The molecule has 0 radical (unpaired) electrons. The summed E-state index contributed by atoms with van der Waals surface area (Å²) in [4.78, 5) is 43.5. The van der Waals surface area contributed by atoms with Gasteiger partial charge in [-0.3, -0.25) is 19.5 Å². The molecule has 3 aliphatic heterocycles. The van der Waals surface area contributed by atoms with Crippen molar-refractivity contribution in [2.24, 2.45) is 16.6 Å². The standard InChI is InChI=1S/C20H20Cl2N6O4S3/c21-10-1-2-11(22)12(5-10)33-8-14(29)26-15-17(30)28-16(19(31)32)9(6-34-18(15)28)7-35-20-25-13(23)3-4-27(20)24/h1-5,15,18,20H,6-8,24H2,(H2,23,25)(H,26,29)(H,31,32)/t15-,18-,20?/m1/s1. The third-order valence-electron chi connectivity index (χ3n) is 5.16. The molecular weight excluding hydrogens is 555 g/mol. The van der Waals surface area contributed by atoms with Crippen LogP contribution >= 0.6 is 58.5 Å². The lowest BCUT2D eigenvalue weighted by Crippen LogP contribution is -2.70. The molecule has 1 fully saturated rings. The summed E-state index contributed by atoms with van der Waals surface area (Å²) in [5.74, 6) is 4.87. The molecule has 3 atom stereocenters. The van der Waals surface area contributed by atoms with Gasteiger partial charge in [0.05, 0.1) is 10.8 Å². The summed E-state index contributed by atoms with van der Waals surface area (Å²) < 4.78 is 0. The smallest absolute Gasteiger partial charge is 0.352 e. The first-order valence-corrected chi connectivity index (χ1v) is 13.9. The second kappa shape index (κ2) is 10.9. The normalized spacial score (nSPS) is 23.6. The van der Waals surface area contributed by atoms with E-state index in [1.165, 1.54) is 45.2 Å². The minimum atomic E-state index is -1.20. The Morgan fingerprint density at radius 2 is 2.11 bits per heavy atom. The topological polar surface area (TPSA) is 154 Å². The third-order valence-corrected chi connectivity index (χ3v) is 9.39. The number of rotatable bonds is 8. The van der Waals surface area contributed by atoms with E-state index in [1.807, 2.05) is 0 Å². The van der Waals surface area contributed by atoms with Gasteiger partial charge in [-0.2, -0.15) is 0 Å². The highest BCUT2D eigenvalue weighted by Crippen LogP contribution is 2.41. The van der Waals surface area contributed by atoms with Gasteiger partial charge >= 0.3 is 5.97 Å². The molecule has 3 aliphatic rings. The number of nitrogens with two attached hydrogens (primary N) is 2. The highest BCUT2D eigenvalue weighted by atomic mass is 35.5. The Labute approximate surface area is 223 Å². The van der Waals surface area contributed by atoms with E-state index < -0.39 is 28.8 Å². The zero-order valence-electron chi connectivity index (χ0n) is 17.9. The lowest BCUT2D eigenvalue weighted by atomic mass is 10.0. The fraction of sp³-hybridized carbons (Fsp3) is 0.300. The lowest BCUT2D eigenvalue weighted by molar-refractivity contribution is -0.150. The summed E-state index contributed by atoms with van der Waals surface area (Å²) in [7, 11) is 0. The van der Waals surface area contributed by atoms with Crippen LogP contribution < -0.4 is 16.9 Å². The van der Waals surface area contributed by atoms with Crippen molar-refractivity contribution >= 4 is 82.1 Å². The number of carboxylic acids is 1. The van der Waals surface area contributed by atoms with Gasteiger partial charge < -0.3 is 16.2 Å². The summed E-state index contributed by atoms with van der Waals surface area (Å²) in [5, 5.41) is 14.4. The van der Waals surface area contributed by atoms with E-state index in [0.29, 0.717) is 37.9 Å². The molecule has 4 rings (SSSR count). The van der Waals surface area contributed by atoms with E-state index in [-0.39, 0.29) is 17.4 Å². The van der Waals surface area contributed by atoms with Crippen LogP contribution in [0.2, 0.25) is 10.0 Å². The quantitative estimate of drug-likeness (QED) is 0.205. The second-order valence-corrected chi connectivity index (χ2v) is 11.5. The maximum absolute atomic E-state index is 12.8. The summed E-state index contributed by atoms with van der Waals surface area (Å²) in [5.41, 5.74) is 5.72. The van der Waals surface area contributed by atoms with Gasteiger partial charge in [-0.15, -0.1) is 35.3 Å². The zero-order chi connectivity index (χ0) is 25.3. The molecule has 0 aromatic heterocycles. The number of nitrogens with one attached hydrogen (secondary N) is 1. The van der Waals surface area contributed by atoms with E-state index in [2.05, 4.69) is 10.3 Å². The molecule has 1 aromatic carbocycles. The van der Waals surface area contributed by atoms with Crippen LogP contribution in [0.3, 0.4) is 0 Å². The van der Waals surface area contributed by atoms with Crippen molar-refractivity contribution in [3.63, 3.8) is 0 Å². The molecule has 0 spiro atoms. The number of hydrogen-bond donors (Lipinski definition) is 4. The molecular formula is C20H20Cl2N6O4S3. The lowest BCUT2D eigenvalue weighted by Gasteiger charge is -2.49. The van der Waals surface area contributed by atoms with E-state index in [0.717, 1.165) is 0 Å². The minimum absolute atomic E-state index is 0.0276. The maximum atomic E-state index is 12.8. The van der Waals surface area contributed by atoms with Gasteiger partial charge in [0, 0.05) is 27.6 Å². The number of amides is 2. The van der Waals surface area contributed by atoms with Crippen LogP contribution in [0.4, 0.5) is 0 Å². The van der Waals surface area contributed by atoms with E-state index in [9.17, 15) is 19.5 Å². The van der Waals surface area contributed by atoms with Crippen LogP contribution in [0.1, 0.15) is 0 Å². The van der Waals surface area contributed by atoms with Crippen LogP contribution in [0, 0.1) is 0 Å². The molecule has 1 saturated heterocycles. The maximum Gasteiger partial charge on any atom is 0.352 e. The third kappa shape index (κ3) is 5.70. The number of fused-ring (bicyclic) bond motifs is 1. The number of nitrogens with zero attached hydrogens (tertiary/aromatic N) is 3. The molecule has 0 saturated carbocycles. The average Bonchev–Trinajstić information content (AvgIpc) is 2.82. The molecule has 1 unspecified atom stereocenters. The Balaban J connectivity index is 1.38.